The zero-order chi connectivity index (χ0) is 20.3. The van der Waals surface area contributed by atoms with E-state index in [4.69, 9.17) is 9.84 Å². The third kappa shape index (κ3) is 4.40. The molecule has 2 heterocycles. The van der Waals surface area contributed by atoms with Crippen molar-refractivity contribution in [2.45, 2.75) is 20.4 Å². The summed E-state index contributed by atoms with van der Waals surface area (Å²) in [6.07, 6.45) is 2.02. The smallest absolute Gasteiger partial charge is 0.229 e. The van der Waals surface area contributed by atoms with E-state index in [2.05, 4.69) is 32.4 Å². The topological polar surface area (TPSA) is 80.1 Å². The van der Waals surface area contributed by atoms with Crippen LogP contribution in [0.1, 0.15) is 17.0 Å². The number of anilines is 3. The minimum Gasteiger partial charge on any atom is -0.494 e. The van der Waals surface area contributed by atoms with Crippen molar-refractivity contribution in [1.82, 2.24) is 24.6 Å². The number of methoxy groups -OCH3 is 1. The Morgan fingerprint density at radius 2 is 1.93 bits per heavy atom. The van der Waals surface area contributed by atoms with Crippen LogP contribution >= 0.6 is 0 Å². The molecule has 0 aliphatic heterocycles. The van der Waals surface area contributed by atoms with Gasteiger partial charge in [-0.25, -0.2) is 9.67 Å². The summed E-state index contributed by atoms with van der Waals surface area (Å²) in [5.74, 6) is 2.04. The Kier molecular flexibility index (Phi) is 5.79. The molecule has 3 rings (SSSR count). The Bertz CT molecular complexity index is 965. The first-order valence-corrected chi connectivity index (χ1v) is 9.08. The molecule has 8 heteroatoms. The zero-order valence-corrected chi connectivity index (χ0v) is 17.2. The van der Waals surface area contributed by atoms with E-state index in [1.807, 2.05) is 63.2 Å². The van der Waals surface area contributed by atoms with Crippen LogP contribution < -0.4 is 15.4 Å². The van der Waals surface area contributed by atoms with E-state index >= 15 is 0 Å². The van der Waals surface area contributed by atoms with E-state index in [1.165, 1.54) is 0 Å². The molecule has 3 aromatic rings. The fourth-order valence-electron chi connectivity index (χ4n) is 2.90. The molecular weight excluding hydrogens is 354 g/mol. The van der Waals surface area contributed by atoms with Crippen molar-refractivity contribution in [2.75, 3.05) is 38.9 Å². The predicted molar refractivity (Wildman–Crippen MR) is 112 cm³/mol. The SMILES string of the molecule is CNc1cc(C)nc(Nc2ccc(OC)c(-n3cc(C)c(CN(C)C)n3)c2)n1. The fraction of sp³-hybridized carbons (Fsp3) is 0.350. The Labute approximate surface area is 165 Å². The van der Waals surface area contributed by atoms with Gasteiger partial charge in [0.25, 0.3) is 0 Å². The lowest BCUT2D eigenvalue weighted by Gasteiger charge is -2.13. The molecule has 0 fully saturated rings. The molecule has 0 atom stereocenters. The van der Waals surface area contributed by atoms with Crippen molar-refractivity contribution in [1.29, 1.82) is 0 Å². The quantitative estimate of drug-likeness (QED) is 0.651. The van der Waals surface area contributed by atoms with Gasteiger partial charge in [0.1, 0.15) is 17.3 Å². The molecule has 2 N–H and O–H groups in total. The fourth-order valence-corrected chi connectivity index (χ4v) is 2.90. The molecule has 148 valence electrons. The molecule has 28 heavy (non-hydrogen) atoms. The monoisotopic (exact) mass is 381 g/mol. The number of benzene rings is 1. The number of hydrogen-bond donors (Lipinski definition) is 2. The molecule has 1 aromatic carbocycles. The molecule has 2 aromatic heterocycles. The lowest BCUT2D eigenvalue weighted by atomic mass is 10.2. The van der Waals surface area contributed by atoms with Crippen molar-refractivity contribution >= 4 is 17.5 Å². The van der Waals surface area contributed by atoms with Gasteiger partial charge in [-0.1, -0.05) is 0 Å². The van der Waals surface area contributed by atoms with Gasteiger partial charge in [0.15, 0.2) is 0 Å². The van der Waals surface area contributed by atoms with Gasteiger partial charge in [-0.3, -0.25) is 0 Å². The summed E-state index contributed by atoms with van der Waals surface area (Å²) >= 11 is 0. The van der Waals surface area contributed by atoms with E-state index in [0.717, 1.165) is 46.4 Å². The molecule has 0 bridgehead atoms. The standard InChI is InChI=1S/C20H27N7O/c1-13-11-27(25-16(13)12-26(4)5)17-10-15(7-8-18(17)28-6)23-20-22-14(2)9-19(21-3)24-20/h7-11H,12H2,1-6H3,(H2,21,22,23,24). The Hall–Kier alpha value is -3.13. The number of hydrogen-bond acceptors (Lipinski definition) is 7. The second-order valence-corrected chi connectivity index (χ2v) is 6.92. The zero-order valence-electron chi connectivity index (χ0n) is 17.2. The normalized spacial score (nSPS) is 11.0. The summed E-state index contributed by atoms with van der Waals surface area (Å²) in [7, 11) is 7.56. The van der Waals surface area contributed by atoms with Gasteiger partial charge in [0.05, 0.1) is 12.8 Å². The highest BCUT2D eigenvalue weighted by Gasteiger charge is 2.13. The van der Waals surface area contributed by atoms with Gasteiger partial charge in [0, 0.05) is 37.2 Å². The minimum atomic E-state index is 0.533. The molecular formula is C20H27N7O. The van der Waals surface area contributed by atoms with Gasteiger partial charge in [0.2, 0.25) is 5.95 Å². The van der Waals surface area contributed by atoms with Crippen LogP contribution in [0.5, 0.6) is 5.75 Å². The molecule has 0 saturated heterocycles. The summed E-state index contributed by atoms with van der Waals surface area (Å²) in [5, 5.41) is 11.1. The highest BCUT2D eigenvalue weighted by Crippen LogP contribution is 2.28. The average Bonchev–Trinajstić information content (AvgIpc) is 3.01. The minimum absolute atomic E-state index is 0.533. The predicted octanol–water partition coefficient (Wildman–Crippen LogP) is 3.13. The molecule has 0 aliphatic rings. The highest BCUT2D eigenvalue weighted by molar-refractivity contribution is 5.63. The van der Waals surface area contributed by atoms with E-state index in [-0.39, 0.29) is 0 Å². The number of ether oxygens (including phenoxy) is 1. The lowest BCUT2D eigenvalue weighted by molar-refractivity contribution is 0.393. The maximum atomic E-state index is 5.55. The summed E-state index contributed by atoms with van der Waals surface area (Å²) < 4.78 is 7.41. The van der Waals surface area contributed by atoms with Crippen LogP contribution in [-0.2, 0) is 6.54 Å². The Morgan fingerprint density at radius 1 is 1.14 bits per heavy atom. The average molecular weight is 381 g/mol. The van der Waals surface area contributed by atoms with E-state index in [9.17, 15) is 0 Å². The number of aryl methyl sites for hydroxylation is 2. The molecule has 8 nitrogen and oxygen atoms in total. The van der Waals surface area contributed by atoms with Crippen molar-refractivity contribution in [3.05, 3.63) is 47.4 Å². The number of rotatable bonds is 7. The first-order chi connectivity index (χ1) is 13.4. The molecule has 0 amide bonds. The van der Waals surface area contributed by atoms with Gasteiger partial charge in [-0.05, 0) is 51.7 Å². The second-order valence-electron chi connectivity index (χ2n) is 6.92. The lowest BCUT2D eigenvalue weighted by Crippen LogP contribution is -2.12. The first-order valence-electron chi connectivity index (χ1n) is 9.08. The second kappa shape index (κ2) is 8.26. The molecule has 0 radical (unpaired) electrons. The summed E-state index contributed by atoms with van der Waals surface area (Å²) in [5.41, 5.74) is 4.75. The Morgan fingerprint density at radius 3 is 2.61 bits per heavy atom. The van der Waals surface area contributed by atoms with Gasteiger partial charge < -0.3 is 20.3 Å². The van der Waals surface area contributed by atoms with Crippen LogP contribution in [0.4, 0.5) is 17.5 Å². The number of nitrogens with one attached hydrogen (secondary N) is 2. The van der Waals surface area contributed by atoms with E-state index in [1.54, 1.807) is 7.11 Å². The van der Waals surface area contributed by atoms with Crippen molar-refractivity contribution in [2.24, 2.45) is 0 Å². The Balaban J connectivity index is 1.96. The van der Waals surface area contributed by atoms with E-state index < -0.39 is 0 Å². The number of aromatic nitrogens is 4. The van der Waals surface area contributed by atoms with Gasteiger partial charge in [-0.2, -0.15) is 10.1 Å². The molecule has 0 saturated carbocycles. The van der Waals surface area contributed by atoms with Crippen LogP contribution in [0.15, 0.2) is 30.5 Å². The van der Waals surface area contributed by atoms with Crippen molar-refractivity contribution in [3.8, 4) is 11.4 Å². The highest BCUT2D eigenvalue weighted by atomic mass is 16.5. The molecule has 0 spiro atoms. The maximum absolute atomic E-state index is 5.55. The van der Waals surface area contributed by atoms with Gasteiger partial charge >= 0.3 is 0 Å². The van der Waals surface area contributed by atoms with Crippen LogP contribution in [0.2, 0.25) is 0 Å². The van der Waals surface area contributed by atoms with Gasteiger partial charge in [-0.15, -0.1) is 0 Å². The van der Waals surface area contributed by atoms with Crippen molar-refractivity contribution in [3.63, 3.8) is 0 Å². The third-order valence-electron chi connectivity index (χ3n) is 4.26. The van der Waals surface area contributed by atoms with Crippen LogP contribution in [0.3, 0.4) is 0 Å². The largest absolute Gasteiger partial charge is 0.494 e. The molecule has 0 unspecified atom stereocenters. The first kappa shape index (κ1) is 19.6. The van der Waals surface area contributed by atoms with Crippen LogP contribution in [0.25, 0.3) is 5.69 Å². The van der Waals surface area contributed by atoms with Crippen LogP contribution in [-0.4, -0.2) is 52.9 Å². The third-order valence-corrected chi connectivity index (χ3v) is 4.26. The summed E-state index contributed by atoms with van der Waals surface area (Å²) in [6, 6.07) is 7.72. The summed E-state index contributed by atoms with van der Waals surface area (Å²) in [6.45, 7) is 4.78. The number of nitrogens with zero attached hydrogens (tertiary/aromatic N) is 5. The van der Waals surface area contributed by atoms with E-state index in [0.29, 0.717) is 5.95 Å². The van der Waals surface area contributed by atoms with Crippen LogP contribution in [0, 0.1) is 13.8 Å². The maximum Gasteiger partial charge on any atom is 0.229 e. The molecule has 0 aliphatic carbocycles. The summed E-state index contributed by atoms with van der Waals surface area (Å²) in [4.78, 5) is 11.0. The van der Waals surface area contributed by atoms with Crippen molar-refractivity contribution < 1.29 is 4.74 Å².